The van der Waals surface area contributed by atoms with Crippen molar-refractivity contribution in [3.05, 3.63) is 48.2 Å². The lowest BCUT2D eigenvalue weighted by molar-refractivity contribution is 0.0839. The fourth-order valence-electron chi connectivity index (χ4n) is 2.02. The van der Waals surface area contributed by atoms with Crippen LogP contribution in [0.2, 0.25) is 0 Å². The van der Waals surface area contributed by atoms with Gasteiger partial charge in [0.1, 0.15) is 0 Å². The summed E-state index contributed by atoms with van der Waals surface area (Å²) in [6, 6.07) is 11.3. The van der Waals surface area contributed by atoms with Crippen LogP contribution in [0.1, 0.15) is 24.4 Å². The molecule has 0 saturated carbocycles. The van der Waals surface area contributed by atoms with Crippen LogP contribution in [-0.4, -0.2) is 33.5 Å². The van der Waals surface area contributed by atoms with Crippen molar-refractivity contribution in [2.75, 3.05) is 17.9 Å². The summed E-state index contributed by atoms with van der Waals surface area (Å²) in [5.41, 5.74) is -0.749. The molecule has 4 nitrogen and oxygen atoms in total. The van der Waals surface area contributed by atoms with Gasteiger partial charge >= 0.3 is 0 Å². The van der Waals surface area contributed by atoms with Crippen molar-refractivity contribution in [3.63, 3.8) is 0 Å². The number of hydrogen-bond donors (Lipinski definition) is 1. The zero-order chi connectivity index (χ0) is 16.9. The number of benzene rings is 1. The lowest BCUT2D eigenvalue weighted by Crippen LogP contribution is -2.29. The molecule has 1 atom stereocenters. The molecular weight excluding hydrogens is 238 g/mol. The molecule has 1 unspecified atom stereocenters. The van der Waals surface area contributed by atoms with E-state index in [0.717, 1.165) is 10.5 Å². The Morgan fingerprint density at radius 2 is 2.16 bits per heavy atom. The van der Waals surface area contributed by atoms with Crippen molar-refractivity contribution in [2.45, 2.75) is 25.5 Å². The molecule has 0 spiro atoms. The molecule has 2 heterocycles. The molecule has 100 valence electrons. The largest absolute Gasteiger partial charge is 0.388 e. The molecule has 1 fully saturated rings. The Labute approximate surface area is 118 Å². The van der Waals surface area contributed by atoms with E-state index in [2.05, 4.69) is 5.10 Å². The standard InChI is InChI=1S/C15H19N3O/c1-15(19)8-10-17(12-15)14-7-9-18(16-14)11-13-5-3-2-4-6-13/h2-7,9,19H,8,10-12H2,1H3/i10D2,12D2. The van der Waals surface area contributed by atoms with Crippen molar-refractivity contribution in [2.24, 2.45) is 0 Å². The van der Waals surface area contributed by atoms with Gasteiger partial charge in [0.2, 0.25) is 0 Å². The van der Waals surface area contributed by atoms with Gasteiger partial charge in [0.05, 0.1) is 14.9 Å². The lowest BCUT2D eigenvalue weighted by atomic mass is 10.1. The van der Waals surface area contributed by atoms with Gasteiger partial charge in [-0.1, -0.05) is 30.3 Å². The molecule has 1 aromatic heterocycles. The summed E-state index contributed by atoms with van der Waals surface area (Å²) < 4.78 is 34.0. The minimum atomic E-state index is -2.25. The SMILES string of the molecule is [2H]C1([2H])CC(C)(O)C([2H])([2H])N1c1ccn(Cc2ccccc2)n1. The highest BCUT2D eigenvalue weighted by atomic mass is 16.3. The summed E-state index contributed by atoms with van der Waals surface area (Å²) in [6.45, 7) is -2.44. The quantitative estimate of drug-likeness (QED) is 0.917. The first kappa shape index (κ1) is 8.38. The molecule has 0 amide bonds. The van der Waals surface area contributed by atoms with Crippen LogP contribution in [0.4, 0.5) is 5.82 Å². The molecule has 1 aromatic carbocycles. The van der Waals surface area contributed by atoms with Gasteiger partial charge in [-0.15, -0.1) is 0 Å². The van der Waals surface area contributed by atoms with E-state index in [1.165, 1.54) is 6.92 Å². The zero-order valence-corrected chi connectivity index (χ0v) is 10.7. The predicted molar refractivity (Wildman–Crippen MR) is 75.2 cm³/mol. The number of anilines is 1. The van der Waals surface area contributed by atoms with E-state index in [1.807, 2.05) is 30.3 Å². The Balaban J connectivity index is 1.90. The summed E-state index contributed by atoms with van der Waals surface area (Å²) in [5.74, 6) is 0.175. The van der Waals surface area contributed by atoms with E-state index >= 15 is 0 Å². The van der Waals surface area contributed by atoms with Crippen LogP contribution in [0, 0.1) is 0 Å². The van der Waals surface area contributed by atoms with Crippen molar-refractivity contribution in [3.8, 4) is 0 Å². The van der Waals surface area contributed by atoms with E-state index < -0.39 is 18.6 Å². The molecule has 1 N–H and O–H groups in total. The van der Waals surface area contributed by atoms with Crippen LogP contribution in [0.15, 0.2) is 42.6 Å². The highest BCUT2D eigenvalue weighted by molar-refractivity contribution is 5.39. The Morgan fingerprint density at radius 3 is 2.84 bits per heavy atom. The third kappa shape index (κ3) is 2.79. The van der Waals surface area contributed by atoms with Crippen LogP contribution in [0.5, 0.6) is 0 Å². The second-order valence-corrected chi connectivity index (χ2v) is 4.91. The highest BCUT2D eigenvalue weighted by Gasteiger charge is 2.32. The first-order valence-corrected chi connectivity index (χ1v) is 6.24. The molecular formula is C15H19N3O. The summed E-state index contributed by atoms with van der Waals surface area (Å²) >= 11 is 0. The van der Waals surface area contributed by atoms with Crippen molar-refractivity contribution in [1.29, 1.82) is 0 Å². The average Bonchev–Trinajstić information content (AvgIpc) is 2.89. The minimum absolute atomic E-state index is 0.175. The van der Waals surface area contributed by atoms with Gasteiger partial charge in [0.25, 0.3) is 0 Å². The Hall–Kier alpha value is -1.81. The number of β-amino-alcohol motifs (C(OH)–C–C–N with tert-alkyl or cyclic N) is 1. The summed E-state index contributed by atoms with van der Waals surface area (Å²) in [7, 11) is 0. The van der Waals surface area contributed by atoms with E-state index in [-0.39, 0.29) is 12.2 Å². The van der Waals surface area contributed by atoms with Gasteiger partial charge in [-0.05, 0) is 18.9 Å². The topological polar surface area (TPSA) is 41.3 Å². The van der Waals surface area contributed by atoms with Gasteiger partial charge in [-0.25, -0.2) is 0 Å². The second-order valence-electron chi connectivity index (χ2n) is 4.91. The van der Waals surface area contributed by atoms with Gasteiger partial charge < -0.3 is 10.0 Å². The average molecular weight is 261 g/mol. The number of nitrogens with zero attached hydrogens (tertiary/aromatic N) is 3. The van der Waals surface area contributed by atoms with Crippen LogP contribution in [0.3, 0.4) is 0 Å². The van der Waals surface area contributed by atoms with Gasteiger partial charge in [-0.3, -0.25) is 4.68 Å². The molecule has 1 saturated heterocycles. The Bertz CT molecular complexity index is 700. The van der Waals surface area contributed by atoms with E-state index in [1.54, 1.807) is 16.9 Å². The monoisotopic (exact) mass is 261 g/mol. The van der Waals surface area contributed by atoms with Gasteiger partial charge in [-0.2, -0.15) is 5.10 Å². The van der Waals surface area contributed by atoms with E-state index in [9.17, 15) is 5.11 Å². The summed E-state index contributed by atoms with van der Waals surface area (Å²) in [5, 5.41) is 14.5. The maximum absolute atomic E-state index is 10.2. The third-order valence-electron chi connectivity index (χ3n) is 2.98. The van der Waals surface area contributed by atoms with Crippen LogP contribution in [0.25, 0.3) is 0 Å². The molecule has 1 aliphatic rings. The number of hydrogen-bond acceptors (Lipinski definition) is 3. The van der Waals surface area contributed by atoms with E-state index in [0.29, 0.717) is 6.54 Å². The summed E-state index contributed by atoms with van der Waals surface area (Å²) in [6.07, 6.45) is 1.36. The first-order chi connectivity index (χ1) is 10.6. The van der Waals surface area contributed by atoms with Crippen LogP contribution >= 0.6 is 0 Å². The Morgan fingerprint density at radius 1 is 1.37 bits per heavy atom. The molecule has 2 aromatic rings. The minimum Gasteiger partial charge on any atom is -0.388 e. The molecule has 4 heteroatoms. The van der Waals surface area contributed by atoms with E-state index in [4.69, 9.17) is 5.48 Å². The molecule has 0 aliphatic carbocycles. The summed E-state index contributed by atoms with van der Waals surface area (Å²) in [4.78, 5) is 0.932. The van der Waals surface area contributed by atoms with Gasteiger partial charge in [0, 0.05) is 28.0 Å². The van der Waals surface area contributed by atoms with Gasteiger partial charge in [0.15, 0.2) is 5.82 Å². The fraction of sp³-hybridized carbons (Fsp3) is 0.400. The molecule has 3 rings (SSSR count). The molecule has 1 aliphatic heterocycles. The molecule has 0 bridgehead atoms. The van der Waals surface area contributed by atoms with Crippen LogP contribution < -0.4 is 4.90 Å². The lowest BCUT2D eigenvalue weighted by Gasteiger charge is -2.18. The normalized spacial score (nSPS) is 31.4. The second kappa shape index (κ2) is 4.70. The first-order valence-electron chi connectivity index (χ1n) is 8.24. The number of aromatic nitrogens is 2. The Kier molecular flexibility index (Phi) is 2.07. The van der Waals surface area contributed by atoms with Crippen molar-refractivity contribution >= 4 is 5.82 Å². The van der Waals surface area contributed by atoms with Crippen molar-refractivity contribution in [1.82, 2.24) is 9.78 Å². The maximum atomic E-state index is 10.2. The highest BCUT2D eigenvalue weighted by Crippen LogP contribution is 2.24. The molecule has 0 radical (unpaired) electrons. The van der Waals surface area contributed by atoms with Crippen LogP contribution in [-0.2, 0) is 6.54 Å². The van der Waals surface area contributed by atoms with Crippen molar-refractivity contribution < 1.29 is 10.6 Å². The number of aliphatic hydroxyl groups is 1. The number of rotatable bonds is 3. The third-order valence-corrected chi connectivity index (χ3v) is 2.98. The fourth-order valence-corrected chi connectivity index (χ4v) is 2.02. The predicted octanol–water partition coefficient (Wildman–Crippen LogP) is 1.89. The smallest absolute Gasteiger partial charge is 0.150 e. The maximum Gasteiger partial charge on any atom is 0.150 e. The molecule has 19 heavy (non-hydrogen) atoms. The zero-order valence-electron chi connectivity index (χ0n) is 14.7.